The first kappa shape index (κ1) is 17.5. The van der Waals surface area contributed by atoms with Crippen LogP contribution in [0.2, 0.25) is 5.02 Å². The molecule has 0 unspecified atom stereocenters. The molecule has 2 aromatic heterocycles. The van der Waals surface area contributed by atoms with Gasteiger partial charge >= 0.3 is 0 Å². The number of hydrogen-bond acceptors (Lipinski definition) is 8. The van der Waals surface area contributed by atoms with Crippen molar-refractivity contribution in [3.8, 4) is 22.8 Å². The predicted octanol–water partition coefficient (Wildman–Crippen LogP) is 3.67. The van der Waals surface area contributed by atoms with E-state index >= 15 is 0 Å². The van der Waals surface area contributed by atoms with Gasteiger partial charge in [-0.1, -0.05) is 52.8 Å². The number of tetrazole rings is 1. The van der Waals surface area contributed by atoms with E-state index < -0.39 is 0 Å². The van der Waals surface area contributed by atoms with Crippen LogP contribution >= 0.6 is 23.4 Å². The van der Waals surface area contributed by atoms with E-state index in [9.17, 15) is 0 Å². The van der Waals surface area contributed by atoms with Gasteiger partial charge in [0.25, 0.3) is 0 Å². The van der Waals surface area contributed by atoms with E-state index in [2.05, 4.69) is 25.7 Å². The highest BCUT2D eigenvalue weighted by molar-refractivity contribution is 7.98. The van der Waals surface area contributed by atoms with Gasteiger partial charge in [-0.25, -0.2) is 0 Å². The summed E-state index contributed by atoms with van der Waals surface area (Å²) in [5.41, 5.74) is 1.47. The number of nitrogens with zero attached hydrogens (tertiary/aromatic N) is 6. The third-order valence-electron chi connectivity index (χ3n) is 3.66. The Bertz CT molecular complexity index is 1070. The fraction of sp³-hybridized carbons (Fsp3) is 0.118. The van der Waals surface area contributed by atoms with Gasteiger partial charge in [-0.05, 0) is 34.7 Å². The highest BCUT2D eigenvalue weighted by Gasteiger charge is 2.16. The highest BCUT2D eigenvalue weighted by atomic mass is 35.5. The van der Waals surface area contributed by atoms with Gasteiger partial charge in [0.2, 0.25) is 16.9 Å². The van der Waals surface area contributed by atoms with Crippen LogP contribution in [0.5, 0.6) is 5.75 Å². The second-order valence-electron chi connectivity index (χ2n) is 5.33. The molecule has 27 heavy (non-hydrogen) atoms. The third-order valence-corrected chi connectivity index (χ3v) is 4.90. The Kier molecular flexibility index (Phi) is 5.03. The monoisotopic (exact) mass is 400 g/mol. The minimum Gasteiger partial charge on any atom is -0.494 e. The van der Waals surface area contributed by atoms with E-state index in [1.54, 1.807) is 17.9 Å². The number of rotatable bonds is 6. The Hall–Kier alpha value is -2.91. The van der Waals surface area contributed by atoms with Crippen molar-refractivity contribution in [2.75, 3.05) is 7.11 Å². The van der Waals surface area contributed by atoms with Gasteiger partial charge in [-0.2, -0.15) is 9.67 Å². The third kappa shape index (κ3) is 3.64. The first-order chi connectivity index (χ1) is 13.3. The van der Waals surface area contributed by atoms with Crippen LogP contribution in [0.15, 0.2) is 58.2 Å². The van der Waals surface area contributed by atoms with Crippen LogP contribution in [0, 0.1) is 0 Å². The van der Waals surface area contributed by atoms with E-state index in [-0.39, 0.29) is 0 Å². The van der Waals surface area contributed by atoms with Crippen molar-refractivity contribution < 1.29 is 9.26 Å². The van der Waals surface area contributed by atoms with Crippen molar-refractivity contribution in [3.63, 3.8) is 0 Å². The van der Waals surface area contributed by atoms with Crippen molar-refractivity contribution in [1.29, 1.82) is 0 Å². The van der Waals surface area contributed by atoms with E-state index in [1.165, 1.54) is 11.8 Å². The summed E-state index contributed by atoms with van der Waals surface area (Å²) in [7, 11) is 1.60. The van der Waals surface area contributed by atoms with Gasteiger partial charge in [0.1, 0.15) is 11.4 Å². The summed E-state index contributed by atoms with van der Waals surface area (Å²) in [5.74, 6) is 1.97. The molecular formula is C17H13ClN6O2S. The van der Waals surface area contributed by atoms with Gasteiger partial charge in [-0.3, -0.25) is 0 Å². The molecule has 0 N–H and O–H groups in total. The van der Waals surface area contributed by atoms with Crippen LogP contribution in [0.1, 0.15) is 5.89 Å². The molecule has 0 fully saturated rings. The van der Waals surface area contributed by atoms with E-state index in [1.807, 2.05) is 42.5 Å². The smallest absolute Gasteiger partial charge is 0.237 e. The van der Waals surface area contributed by atoms with Crippen molar-refractivity contribution in [2.24, 2.45) is 0 Å². The molecule has 2 heterocycles. The molecule has 0 saturated heterocycles. The first-order valence-electron chi connectivity index (χ1n) is 7.88. The molecule has 2 aromatic carbocycles. The van der Waals surface area contributed by atoms with Crippen LogP contribution in [0.4, 0.5) is 0 Å². The van der Waals surface area contributed by atoms with Crippen molar-refractivity contribution >= 4 is 23.4 Å². The maximum absolute atomic E-state index is 6.17. The molecule has 10 heteroatoms. The lowest BCUT2D eigenvalue weighted by molar-refractivity contribution is 0.391. The number of aromatic nitrogens is 6. The zero-order valence-electron chi connectivity index (χ0n) is 14.1. The standard InChI is InChI=1S/C17H13ClN6O2S/c1-25-14-9-5-4-8-13(14)24-17(20-22-23-24)27-10-15-19-16(21-26-15)11-6-2-3-7-12(11)18/h2-9H,10H2,1H3. The minimum atomic E-state index is 0.410. The van der Waals surface area contributed by atoms with Crippen molar-refractivity contribution in [3.05, 3.63) is 59.4 Å². The average molecular weight is 401 g/mol. The van der Waals surface area contributed by atoms with Crippen LogP contribution in [0.3, 0.4) is 0 Å². The molecule has 0 amide bonds. The summed E-state index contributed by atoms with van der Waals surface area (Å²) >= 11 is 7.55. The molecule has 0 saturated carbocycles. The molecular weight excluding hydrogens is 388 g/mol. The molecule has 0 radical (unpaired) electrons. The van der Waals surface area contributed by atoms with Crippen molar-refractivity contribution in [1.82, 2.24) is 30.3 Å². The maximum atomic E-state index is 6.17. The lowest BCUT2D eigenvalue weighted by Crippen LogP contribution is -2.01. The van der Waals surface area contributed by atoms with Crippen LogP contribution in [-0.4, -0.2) is 37.5 Å². The average Bonchev–Trinajstić information content (AvgIpc) is 3.36. The zero-order chi connectivity index (χ0) is 18.6. The normalized spacial score (nSPS) is 10.9. The second kappa shape index (κ2) is 7.77. The Morgan fingerprint density at radius 1 is 1.15 bits per heavy atom. The topological polar surface area (TPSA) is 91.8 Å². The fourth-order valence-electron chi connectivity index (χ4n) is 2.42. The van der Waals surface area contributed by atoms with Crippen molar-refractivity contribution in [2.45, 2.75) is 10.9 Å². The number of benzene rings is 2. The number of hydrogen-bond donors (Lipinski definition) is 0. The maximum Gasteiger partial charge on any atom is 0.237 e. The molecule has 136 valence electrons. The first-order valence-corrected chi connectivity index (χ1v) is 9.24. The minimum absolute atomic E-state index is 0.410. The summed E-state index contributed by atoms with van der Waals surface area (Å²) < 4.78 is 12.3. The van der Waals surface area contributed by atoms with Gasteiger partial charge in [-0.15, -0.1) is 5.10 Å². The number of halogens is 1. The van der Waals surface area contributed by atoms with Gasteiger partial charge in [0, 0.05) is 5.56 Å². The van der Waals surface area contributed by atoms with Crippen LogP contribution < -0.4 is 4.74 Å². The highest BCUT2D eigenvalue weighted by Crippen LogP contribution is 2.29. The molecule has 0 spiro atoms. The molecule has 0 aliphatic rings. The molecule has 0 aliphatic carbocycles. The van der Waals surface area contributed by atoms with Gasteiger partial charge in [0.05, 0.1) is 17.9 Å². The van der Waals surface area contributed by atoms with Crippen LogP contribution in [0.25, 0.3) is 17.1 Å². The molecule has 4 aromatic rings. The number of thioether (sulfide) groups is 1. The molecule has 0 bridgehead atoms. The Balaban J connectivity index is 1.53. The van der Waals surface area contributed by atoms with Gasteiger partial charge in [0.15, 0.2) is 0 Å². The molecule has 0 aliphatic heterocycles. The summed E-state index contributed by atoms with van der Waals surface area (Å²) in [6.07, 6.45) is 0. The largest absolute Gasteiger partial charge is 0.494 e. The molecule has 0 atom stereocenters. The lowest BCUT2D eigenvalue weighted by atomic mass is 10.2. The van der Waals surface area contributed by atoms with Crippen LogP contribution in [-0.2, 0) is 5.75 Å². The molecule has 8 nitrogen and oxygen atoms in total. The quantitative estimate of drug-likeness (QED) is 0.453. The fourth-order valence-corrected chi connectivity index (χ4v) is 3.36. The summed E-state index contributed by atoms with van der Waals surface area (Å²) in [4.78, 5) is 4.39. The van der Waals surface area contributed by atoms with E-state index in [0.717, 1.165) is 11.3 Å². The Morgan fingerprint density at radius 3 is 2.81 bits per heavy atom. The SMILES string of the molecule is COc1ccccc1-n1nnnc1SCc1nc(-c2ccccc2Cl)no1. The molecule has 4 rings (SSSR count). The number of ether oxygens (including phenoxy) is 1. The van der Waals surface area contributed by atoms with E-state index in [0.29, 0.717) is 33.4 Å². The van der Waals surface area contributed by atoms with E-state index in [4.69, 9.17) is 20.9 Å². The number of para-hydroxylation sites is 2. The lowest BCUT2D eigenvalue weighted by Gasteiger charge is -2.08. The predicted molar refractivity (Wildman–Crippen MR) is 100 cm³/mol. The van der Waals surface area contributed by atoms with Gasteiger partial charge < -0.3 is 9.26 Å². The Labute approximate surface area is 163 Å². The number of methoxy groups -OCH3 is 1. The zero-order valence-corrected chi connectivity index (χ0v) is 15.7. The second-order valence-corrected chi connectivity index (χ2v) is 6.68. The summed E-state index contributed by atoms with van der Waals surface area (Å²) in [5, 5.41) is 17.0. The Morgan fingerprint density at radius 2 is 1.96 bits per heavy atom. The summed E-state index contributed by atoms with van der Waals surface area (Å²) in [6.45, 7) is 0. The summed E-state index contributed by atoms with van der Waals surface area (Å²) in [6, 6.07) is 14.8.